The first-order chi connectivity index (χ1) is 13.2. The molecule has 0 aliphatic rings. The molecule has 1 amide bonds. The third-order valence-corrected chi connectivity index (χ3v) is 3.73. The minimum Gasteiger partial charge on any atom is -0.493 e. The topological polar surface area (TPSA) is 98.3 Å². The zero-order valence-electron chi connectivity index (χ0n) is 15.0. The number of nitrogens with zero attached hydrogens (tertiary/aromatic N) is 3. The number of amides is 1. The third kappa shape index (κ3) is 4.69. The fourth-order valence-corrected chi connectivity index (χ4v) is 2.36. The molecule has 1 aromatic carbocycles. The molecule has 0 saturated heterocycles. The molecule has 0 aliphatic heterocycles. The Bertz CT molecular complexity index is 901. The smallest absolute Gasteiger partial charge is 0.272 e. The van der Waals surface area contributed by atoms with E-state index in [1.54, 1.807) is 50.9 Å². The van der Waals surface area contributed by atoms with E-state index in [0.717, 1.165) is 11.3 Å². The summed E-state index contributed by atoms with van der Waals surface area (Å²) in [7, 11) is 3.15. The van der Waals surface area contributed by atoms with Gasteiger partial charge in [-0.3, -0.25) is 9.78 Å². The molecule has 8 nitrogen and oxygen atoms in total. The molecule has 0 saturated carbocycles. The van der Waals surface area contributed by atoms with Crippen molar-refractivity contribution in [1.82, 2.24) is 20.5 Å². The molecule has 0 unspecified atom stereocenters. The van der Waals surface area contributed by atoms with Gasteiger partial charge in [0.05, 0.1) is 14.2 Å². The Balaban J connectivity index is 1.62. The Morgan fingerprint density at radius 2 is 1.89 bits per heavy atom. The van der Waals surface area contributed by atoms with E-state index in [0.29, 0.717) is 23.9 Å². The molecule has 0 atom stereocenters. The molecule has 0 aliphatic carbocycles. The van der Waals surface area contributed by atoms with Crippen LogP contribution in [0.2, 0.25) is 0 Å². The summed E-state index contributed by atoms with van der Waals surface area (Å²) in [6.45, 7) is 0.375. The van der Waals surface area contributed by atoms with Crippen LogP contribution in [0.4, 0.5) is 11.5 Å². The fourth-order valence-electron chi connectivity index (χ4n) is 2.36. The van der Waals surface area contributed by atoms with Gasteiger partial charge in [0.15, 0.2) is 23.0 Å². The van der Waals surface area contributed by atoms with E-state index in [-0.39, 0.29) is 11.6 Å². The second-order valence-electron chi connectivity index (χ2n) is 5.54. The van der Waals surface area contributed by atoms with Crippen LogP contribution in [0.1, 0.15) is 16.1 Å². The van der Waals surface area contributed by atoms with Gasteiger partial charge in [-0.15, -0.1) is 10.2 Å². The average molecular weight is 365 g/mol. The molecule has 0 fully saturated rings. The summed E-state index contributed by atoms with van der Waals surface area (Å²) in [4.78, 5) is 16.2. The summed E-state index contributed by atoms with van der Waals surface area (Å²) < 4.78 is 10.5. The average Bonchev–Trinajstić information content (AvgIpc) is 2.73. The molecule has 2 heterocycles. The number of ether oxygens (including phenoxy) is 2. The van der Waals surface area contributed by atoms with Crippen molar-refractivity contribution in [2.24, 2.45) is 0 Å². The van der Waals surface area contributed by atoms with E-state index in [1.807, 2.05) is 18.2 Å². The number of carbonyl (C=O) groups excluding carboxylic acids is 1. The second-order valence-corrected chi connectivity index (χ2v) is 5.54. The Labute approximate surface area is 156 Å². The van der Waals surface area contributed by atoms with Crippen molar-refractivity contribution >= 4 is 17.4 Å². The van der Waals surface area contributed by atoms with Crippen LogP contribution >= 0.6 is 0 Å². The predicted octanol–water partition coefficient (Wildman–Crippen LogP) is 2.56. The molecular formula is C19H19N5O3. The molecule has 2 N–H and O–H groups in total. The number of carbonyl (C=O) groups is 1. The molecule has 3 rings (SSSR count). The summed E-state index contributed by atoms with van der Waals surface area (Å²) in [6.07, 6.45) is 3.38. The maximum Gasteiger partial charge on any atom is 0.272 e. The van der Waals surface area contributed by atoms with Gasteiger partial charge in [-0.1, -0.05) is 6.07 Å². The van der Waals surface area contributed by atoms with Gasteiger partial charge >= 0.3 is 0 Å². The monoisotopic (exact) mass is 365 g/mol. The number of rotatable bonds is 7. The van der Waals surface area contributed by atoms with Crippen molar-refractivity contribution in [3.05, 3.63) is 66.1 Å². The molecule has 27 heavy (non-hydrogen) atoms. The van der Waals surface area contributed by atoms with Crippen LogP contribution in [-0.2, 0) is 6.54 Å². The summed E-state index contributed by atoms with van der Waals surface area (Å²) in [5.74, 6) is 1.44. The SMILES string of the molecule is COc1ccc(Nc2ccc(C(=O)NCc3cccnc3)nn2)cc1OC. The highest BCUT2D eigenvalue weighted by atomic mass is 16.5. The Morgan fingerprint density at radius 1 is 1.04 bits per heavy atom. The van der Waals surface area contributed by atoms with Gasteiger partial charge < -0.3 is 20.1 Å². The lowest BCUT2D eigenvalue weighted by Gasteiger charge is -2.10. The zero-order valence-corrected chi connectivity index (χ0v) is 15.0. The minimum atomic E-state index is -0.302. The van der Waals surface area contributed by atoms with E-state index in [9.17, 15) is 4.79 Å². The zero-order chi connectivity index (χ0) is 19.1. The van der Waals surface area contributed by atoms with Gasteiger partial charge in [0.25, 0.3) is 5.91 Å². The first-order valence-electron chi connectivity index (χ1n) is 8.19. The lowest BCUT2D eigenvalue weighted by atomic mass is 10.2. The Morgan fingerprint density at radius 3 is 2.56 bits per heavy atom. The lowest BCUT2D eigenvalue weighted by molar-refractivity contribution is 0.0945. The highest BCUT2D eigenvalue weighted by molar-refractivity contribution is 5.92. The number of hydrogen-bond acceptors (Lipinski definition) is 7. The Kier molecular flexibility index (Phi) is 5.78. The van der Waals surface area contributed by atoms with Crippen molar-refractivity contribution in [2.75, 3.05) is 19.5 Å². The van der Waals surface area contributed by atoms with Crippen molar-refractivity contribution in [1.29, 1.82) is 0 Å². The van der Waals surface area contributed by atoms with Crippen LogP contribution in [0.3, 0.4) is 0 Å². The molecule has 3 aromatic rings. The van der Waals surface area contributed by atoms with Gasteiger partial charge in [0, 0.05) is 30.7 Å². The first kappa shape index (κ1) is 18.1. The largest absolute Gasteiger partial charge is 0.493 e. The minimum absolute atomic E-state index is 0.233. The number of benzene rings is 1. The standard InChI is InChI=1S/C19H19N5O3/c1-26-16-7-5-14(10-17(16)27-2)22-18-8-6-15(23-24-18)19(25)21-12-13-4-3-9-20-11-13/h3-11H,12H2,1-2H3,(H,21,25)(H,22,24). The predicted molar refractivity (Wildman–Crippen MR) is 100 cm³/mol. The molecule has 8 heteroatoms. The number of aromatic nitrogens is 3. The summed E-state index contributed by atoms with van der Waals surface area (Å²) in [6, 6.07) is 12.4. The van der Waals surface area contributed by atoms with Crippen LogP contribution in [0.5, 0.6) is 11.5 Å². The van der Waals surface area contributed by atoms with Gasteiger partial charge in [-0.05, 0) is 35.9 Å². The van der Waals surface area contributed by atoms with Crippen molar-refractivity contribution in [3.63, 3.8) is 0 Å². The molecule has 0 radical (unpaired) electrons. The second kappa shape index (κ2) is 8.61. The van der Waals surface area contributed by atoms with E-state index < -0.39 is 0 Å². The van der Waals surface area contributed by atoms with Gasteiger partial charge in [-0.25, -0.2) is 0 Å². The van der Waals surface area contributed by atoms with Gasteiger partial charge in [0.1, 0.15) is 0 Å². The van der Waals surface area contributed by atoms with Crippen molar-refractivity contribution in [3.8, 4) is 11.5 Å². The normalized spacial score (nSPS) is 10.1. The van der Waals surface area contributed by atoms with Crippen molar-refractivity contribution in [2.45, 2.75) is 6.54 Å². The van der Waals surface area contributed by atoms with Gasteiger partial charge in [-0.2, -0.15) is 0 Å². The molecule has 138 valence electrons. The van der Waals surface area contributed by atoms with Crippen LogP contribution in [0.15, 0.2) is 54.9 Å². The maximum absolute atomic E-state index is 12.2. The number of nitrogens with one attached hydrogen (secondary N) is 2. The molecule has 2 aromatic heterocycles. The number of anilines is 2. The van der Waals surface area contributed by atoms with Gasteiger partial charge in [0.2, 0.25) is 0 Å². The lowest BCUT2D eigenvalue weighted by Crippen LogP contribution is -2.24. The molecule has 0 bridgehead atoms. The summed E-state index contributed by atoms with van der Waals surface area (Å²) in [5.41, 5.74) is 1.90. The van der Waals surface area contributed by atoms with Crippen LogP contribution in [0.25, 0.3) is 0 Å². The third-order valence-electron chi connectivity index (χ3n) is 3.73. The quantitative estimate of drug-likeness (QED) is 0.664. The highest BCUT2D eigenvalue weighted by Gasteiger charge is 2.09. The Hall–Kier alpha value is -3.68. The molecule has 0 spiro atoms. The van der Waals surface area contributed by atoms with E-state index in [4.69, 9.17) is 9.47 Å². The van der Waals surface area contributed by atoms with E-state index in [2.05, 4.69) is 25.8 Å². The number of methoxy groups -OCH3 is 2. The summed E-state index contributed by atoms with van der Waals surface area (Å²) >= 11 is 0. The highest BCUT2D eigenvalue weighted by Crippen LogP contribution is 2.30. The molecular weight excluding hydrogens is 346 g/mol. The van der Waals surface area contributed by atoms with Crippen LogP contribution < -0.4 is 20.1 Å². The number of hydrogen-bond donors (Lipinski definition) is 2. The van der Waals surface area contributed by atoms with Crippen molar-refractivity contribution < 1.29 is 14.3 Å². The van der Waals surface area contributed by atoms with E-state index >= 15 is 0 Å². The first-order valence-corrected chi connectivity index (χ1v) is 8.19. The number of pyridine rings is 1. The van der Waals surface area contributed by atoms with Crippen LogP contribution in [-0.4, -0.2) is 35.3 Å². The van der Waals surface area contributed by atoms with E-state index in [1.165, 1.54) is 0 Å². The van der Waals surface area contributed by atoms with Crippen LogP contribution in [0, 0.1) is 0 Å². The maximum atomic E-state index is 12.2. The summed E-state index contributed by atoms with van der Waals surface area (Å²) in [5, 5.41) is 13.9. The fraction of sp³-hybridized carbons (Fsp3) is 0.158.